The quantitative estimate of drug-likeness (QED) is 0.396. The molecule has 0 aliphatic rings. The largest absolute Gasteiger partial charge is 0.508 e. The van der Waals surface area contributed by atoms with Gasteiger partial charge < -0.3 is 9.84 Å². The minimum Gasteiger partial charge on any atom is -0.508 e. The van der Waals surface area contributed by atoms with E-state index in [1.54, 1.807) is 0 Å². The van der Waals surface area contributed by atoms with Gasteiger partial charge in [0.1, 0.15) is 11.5 Å². The molecular formula is C24H32NO5S. The van der Waals surface area contributed by atoms with Gasteiger partial charge in [0.15, 0.2) is 6.10 Å². The Labute approximate surface area is 185 Å². The first kappa shape index (κ1) is 24.7. The fourth-order valence-electron chi connectivity index (χ4n) is 3.33. The second-order valence-electron chi connectivity index (χ2n) is 7.70. The fraction of sp³-hybridized carbons (Fsp3) is 0.458. The summed E-state index contributed by atoms with van der Waals surface area (Å²) >= 11 is 0. The number of benzene rings is 2. The predicted octanol–water partition coefficient (Wildman–Crippen LogP) is 5.31. The lowest BCUT2D eigenvalue weighted by molar-refractivity contribution is -0.125. The van der Waals surface area contributed by atoms with E-state index in [4.69, 9.17) is 10.5 Å². The number of unbranched alkanes of at least 4 members (excludes halogenated alkanes) is 7. The van der Waals surface area contributed by atoms with Crippen LogP contribution in [-0.2, 0) is 14.6 Å². The summed E-state index contributed by atoms with van der Waals surface area (Å²) in [5.74, 6) is -0.427. The summed E-state index contributed by atoms with van der Waals surface area (Å²) < 4.78 is 31.0. The lowest BCUT2D eigenvalue weighted by atomic mass is 10.1. The van der Waals surface area contributed by atoms with Crippen molar-refractivity contribution in [2.45, 2.75) is 80.6 Å². The molecule has 0 spiro atoms. The molecule has 169 valence electrons. The van der Waals surface area contributed by atoms with Crippen LogP contribution < -0.4 is 10.5 Å². The van der Waals surface area contributed by atoms with E-state index in [0.717, 1.165) is 19.3 Å². The van der Waals surface area contributed by atoms with Gasteiger partial charge in [-0.25, -0.2) is 8.42 Å². The van der Waals surface area contributed by atoms with Crippen LogP contribution in [0.3, 0.4) is 0 Å². The van der Waals surface area contributed by atoms with Gasteiger partial charge in [0, 0.05) is 0 Å². The van der Waals surface area contributed by atoms with Crippen LogP contribution in [-0.4, -0.2) is 25.5 Å². The first-order chi connectivity index (χ1) is 14.8. The third-order valence-corrected chi connectivity index (χ3v) is 6.96. The van der Waals surface area contributed by atoms with Crippen LogP contribution in [0.2, 0.25) is 0 Å². The molecule has 1 atom stereocenters. The Morgan fingerprint density at radius 3 is 1.87 bits per heavy atom. The van der Waals surface area contributed by atoms with Gasteiger partial charge in [0.25, 0.3) is 5.91 Å². The zero-order chi connectivity index (χ0) is 22.7. The van der Waals surface area contributed by atoms with E-state index >= 15 is 0 Å². The number of carbonyl (C=O) groups excluding carboxylic acids is 1. The minimum atomic E-state index is -3.72. The number of phenolic OH excluding ortho intramolecular Hbond substituents is 1. The minimum absolute atomic E-state index is 0.00899. The highest BCUT2D eigenvalue weighted by Gasteiger charge is 2.20. The Bertz CT molecular complexity index is 908. The molecule has 0 bridgehead atoms. The van der Waals surface area contributed by atoms with Crippen LogP contribution in [0.25, 0.3) is 0 Å². The lowest BCUT2D eigenvalue weighted by Gasteiger charge is -2.16. The maximum Gasteiger partial charge on any atom is 0.279 e. The number of hydrogen-bond donors (Lipinski definition) is 1. The molecule has 1 amide bonds. The first-order valence-electron chi connectivity index (χ1n) is 10.9. The molecule has 0 saturated heterocycles. The van der Waals surface area contributed by atoms with Gasteiger partial charge in [-0.3, -0.25) is 10.5 Å². The second-order valence-corrected chi connectivity index (χ2v) is 9.65. The van der Waals surface area contributed by atoms with Gasteiger partial charge in [-0.05, 0) is 61.4 Å². The fourth-order valence-corrected chi connectivity index (χ4v) is 4.59. The Morgan fingerprint density at radius 2 is 1.35 bits per heavy atom. The molecule has 0 saturated carbocycles. The van der Waals surface area contributed by atoms with Crippen molar-refractivity contribution in [3.05, 3.63) is 48.5 Å². The van der Waals surface area contributed by atoms with Crippen molar-refractivity contribution >= 4 is 15.7 Å². The molecule has 1 radical (unpaired) electrons. The Balaban J connectivity index is 1.89. The molecule has 6 nitrogen and oxygen atoms in total. The summed E-state index contributed by atoms with van der Waals surface area (Å²) in [7, 11) is -3.72. The highest BCUT2D eigenvalue weighted by molar-refractivity contribution is 7.91. The van der Waals surface area contributed by atoms with E-state index in [0.29, 0.717) is 12.2 Å². The summed E-state index contributed by atoms with van der Waals surface area (Å²) in [5.41, 5.74) is 7.47. The second kappa shape index (κ2) is 12.3. The molecule has 31 heavy (non-hydrogen) atoms. The van der Waals surface area contributed by atoms with Crippen LogP contribution in [0.4, 0.5) is 0 Å². The van der Waals surface area contributed by atoms with Crippen molar-refractivity contribution in [1.82, 2.24) is 5.73 Å². The average molecular weight is 447 g/mol. The molecule has 7 heteroatoms. The average Bonchev–Trinajstić information content (AvgIpc) is 2.75. The van der Waals surface area contributed by atoms with E-state index in [1.807, 2.05) is 0 Å². The first-order valence-corrected chi connectivity index (χ1v) is 12.4. The van der Waals surface area contributed by atoms with Crippen LogP contribution in [0.1, 0.15) is 64.7 Å². The highest BCUT2D eigenvalue weighted by Crippen LogP contribution is 2.25. The number of rotatable bonds is 14. The number of nitrogens with one attached hydrogen (secondary N) is 1. The monoisotopic (exact) mass is 446 g/mol. The summed E-state index contributed by atoms with van der Waals surface area (Å²) in [6.07, 6.45) is 8.77. The zero-order valence-corrected chi connectivity index (χ0v) is 18.9. The SMILES string of the molecule is CCCCCCCCCCC(Oc1ccc(S(=O)(=O)c2ccc(O)cc2)cc1)C([NH])=O. The van der Waals surface area contributed by atoms with E-state index in [2.05, 4.69) is 6.92 Å². The Hall–Kier alpha value is -2.54. The smallest absolute Gasteiger partial charge is 0.279 e. The molecular weight excluding hydrogens is 414 g/mol. The summed E-state index contributed by atoms with van der Waals surface area (Å²) in [5, 5.41) is 9.34. The number of phenols is 1. The summed E-state index contributed by atoms with van der Waals surface area (Å²) in [4.78, 5) is 11.8. The standard InChI is InChI=1S/C24H32NO5S/c1-2-3-4-5-6-7-8-9-10-23(24(25)27)30-20-13-17-22(18-14-20)31(28,29)21-15-11-19(26)12-16-21/h11-18,23,25-26H,2-10H2,1H3. The molecule has 2 N–H and O–H groups in total. The van der Waals surface area contributed by atoms with Gasteiger partial charge in [-0.15, -0.1) is 0 Å². The number of aromatic hydroxyl groups is 1. The third kappa shape index (κ3) is 7.90. The van der Waals surface area contributed by atoms with Crippen molar-refractivity contribution in [1.29, 1.82) is 0 Å². The van der Waals surface area contributed by atoms with Gasteiger partial charge in [-0.1, -0.05) is 51.9 Å². The maximum absolute atomic E-state index is 12.7. The maximum atomic E-state index is 12.7. The number of sulfone groups is 1. The summed E-state index contributed by atoms with van der Waals surface area (Å²) in [6.45, 7) is 2.19. The van der Waals surface area contributed by atoms with E-state index in [1.165, 1.54) is 80.6 Å². The zero-order valence-electron chi connectivity index (χ0n) is 18.0. The third-order valence-electron chi connectivity index (χ3n) is 5.17. The molecule has 0 aliphatic heterocycles. The number of hydrogen-bond acceptors (Lipinski definition) is 5. The molecule has 0 heterocycles. The van der Waals surface area contributed by atoms with E-state index in [-0.39, 0.29) is 15.5 Å². The van der Waals surface area contributed by atoms with Gasteiger partial charge in [-0.2, -0.15) is 0 Å². The van der Waals surface area contributed by atoms with Gasteiger partial charge in [0.05, 0.1) is 9.79 Å². The molecule has 1 unspecified atom stereocenters. The normalized spacial score (nSPS) is 12.4. The predicted molar refractivity (Wildman–Crippen MR) is 120 cm³/mol. The van der Waals surface area contributed by atoms with Crippen molar-refractivity contribution < 1.29 is 23.1 Å². The summed E-state index contributed by atoms with van der Waals surface area (Å²) in [6, 6.07) is 11.1. The number of amides is 1. The molecule has 0 fully saturated rings. The van der Waals surface area contributed by atoms with Crippen molar-refractivity contribution in [3.63, 3.8) is 0 Å². The Morgan fingerprint density at radius 1 is 0.871 bits per heavy atom. The lowest BCUT2D eigenvalue weighted by Crippen LogP contribution is -2.28. The Kier molecular flexibility index (Phi) is 9.85. The molecule has 2 aromatic carbocycles. The number of ether oxygens (including phenoxy) is 1. The molecule has 2 aromatic rings. The van der Waals surface area contributed by atoms with E-state index < -0.39 is 21.8 Å². The van der Waals surface area contributed by atoms with Gasteiger partial charge >= 0.3 is 0 Å². The van der Waals surface area contributed by atoms with Crippen molar-refractivity contribution in [2.75, 3.05) is 0 Å². The van der Waals surface area contributed by atoms with Gasteiger partial charge in [0.2, 0.25) is 9.84 Å². The number of carbonyl (C=O) groups is 1. The molecule has 2 rings (SSSR count). The van der Waals surface area contributed by atoms with E-state index in [9.17, 15) is 18.3 Å². The molecule has 0 aromatic heterocycles. The molecule has 0 aliphatic carbocycles. The van der Waals surface area contributed by atoms with Crippen LogP contribution in [0.15, 0.2) is 58.3 Å². The highest BCUT2D eigenvalue weighted by atomic mass is 32.2. The topological polar surface area (TPSA) is 104 Å². The van der Waals surface area contributed by atoms with Crippen molar-refractivity contribution in [2.24, 2.45) is 0 Å². The van der Waals surface area contributed by atoms with Crippen molar-refractivity contribution in [3.8, 4) is 11.5 Å². The van der Waals surface area contributed by atoms with Crippen LogP contribution in [0.5, 0.6) is 11.5 Å². The van der Waals surface area contributed by atoms with Crippen LogP contribution >= 0.6 is 0 Å². The van der Waals surface area contributed by atoms with Crippen LogP contribution in [0, 0.1) is 0 Å².